The minimum Gasteiger partial charge on any atom is -0.392 e. The average Bonchev–Trinajstić information content (AvgIpc) is 2.63. The zero-order chi connectivity index (χ0) is 11.8. The van der Waals surface area contributed by atoms with E-state index in [9.17, 15) is 5.11 Å². The number of aliphatic hydroxyl groups excluding tert-OH is 1. The lowest BCUT2D eigenvalue weighted by Crippen LogP contribution is -2.60. The van der Waals surface area contributed by atoms with Crippen molar-refractivity contribution in [2.75, 3.05) is 6.54 Å². The van der Waals surface area contributed by atoms with Gasteiger partial charge in [0.15, 0.2) is 5.82 Å². The van der Waals surface area contributed by atoms with Gasteiger partial charge in [-0.1, -0.05) is 13.8 Å². The molecule has 1 aliphatic rings. The zero-order valence-corrected chi connectivity index (χ0v) is 10.1. The number of aryl methyl sites for hydroxylation is 1. The molecule has 0 saturated heterocycles. The molecule has 1 aromatic heterocycles. The van der Waals surface area contributed by atoms with Crippen molar-refractivity contribution in [1.82, 2.24) is 20.1 Å². The van der Waals surface area contributed by atoms with Gasteiger partial charge in [-0.2, -0.15) is 5.10 Å². The van der Waals surface area contributed by atoms with Crippen LogP contribution in [0.1, 0.15) is 26.1 Å². The Labute approximate surface area is 95.9 Å². The van der Waals surface area contributed by atoms with E-state index in [0.29, 0.717) is 6.04 Å². The molecule has 1 heterocycles. The first-order chi connectivity index (χ1) is 7.50. The summed E-state index contributed by atoms with van der Waals surface area (Å²) in [5, 5.41) is 17.3. The third-order valence-corrected chi connectivity index (χ3v) is 3.60. The van der Waals surface area contributed by atoms with Gasteiger partial charge in [0.05, 0.1) is 6.10 Å². The normalized spacial score (nSPS) is 27.8. The second kappa shape index (κ2) is 4.14. The molecule has 2 N–H and O–H groups in total. The smallest absolute Gasteiger partial charge is 0.151 e. The topological polar surface area (TPSA) is 63.0 Å². The van der Waals surface area contributed by atoms with Crippen molar-refractivity contribution in [3.05, 3.63) is 12.2 Å². The summed E-state index contributed by atoms with van der Waals surface area (Å²) in [7, 11) is 1.87. The second-order valence-corrected chi connectivity index (χ2v) is 5.16. The Hall–Kier alpha value is -0.940. The highest BCUT2D eigenvalue weighted by Crippen LogP contribution is 2.40. The molecule has 5 nitrogen and oxygen atoms in total. The highest BCUT2D eigenvalue weighted by Gasteiger charge is 2.46. The molecule has 5 heteroatoms. The Morgan fingerprint density at radius 3 is 2.88 bits per heavy atom. The third-order valence-electron chi connectivity index (χ3n) is 3.60. The van der Waals surface area contributed by atoms with E-state index in [4.69, 9.17) is 0 Å². The van der Waals surface area contributed by atoms with E-state index < -0.39 is 0 Å². The van der Waals surface area contributed by atoms with E-state index in [-0.39, 0.29) is 11.5 Å². The van der Waals surface area contributed by atoms with Crippen LogP contribution in [0.3, 0.4) is 0 Å². The van der Waals surface area contributed by atoms with E-state index in [1.165, 1.54) is 0 Å². The van der Waals surface area contributed by atoms with Gasteiger partial charge in [-0.3, -0.25) is 4.68 Å². The van der Waals surface area contributed by atoms with Gasteiger partial charge in [-0.15, -0.1) is 0 Å². The van der Waals surface area contributed by atoms with Gasteiger partial charge < -0.3 is 10.4 Å². The molecule has 1 fully saturated rings. The van der Waals surface area contributed by atoms with Crippen LogP contribution in [0.5, 0.6) is 0 Å². The number of nitrogens with zero attached hydrogens (tertiary/aromatic N) is 3. The van der Waals surface area contributed by atoms with Crippen molar-refractivity contribution in [3.8, 4) is 0 Å². The first-order valence-corrected chi connectivity index (χ1v) is 5.76. The van der Waals surface area contributed by atoms with E-state index in [1.807, 2.05) is 7.05 Å². The molecule has 0 bridgehead atoms. The Morgan fingerprint density at radius 2 is 2.38 bits per heavy atom. The maximum Gasteiger partial charge on any atom is 0.151 e. The first-order valence-electron chi connectivity index (χ1n) is 5.76. The van der Waals surface area contributed by atoms with Crippen molar-refractivity contribution >= 4 is 0 Å². The van der Waals surface area contributed by atoms with Crippen LogP contribution >= 0.6 is 0 Å². The molecule has 90 valence electrons. The van der Waals surface area contributed by atoms with E-state index >= 15 is 0 Å². The molecule has 16 heavy (non-hydrogen) atoms. The largest absolute Gasteiger partial charge is 0.392 e. The van der Waals surface area contributed by atoms with Crippen LogP contribution in [-0.4, -0.2) is 38.6 Å². The number of nitrogens with one attached hydrogen (secondary N) is 1. The van der Waals surface area contributed by atoms with Crippen molar-refractivity contribution < 1.29 is 5.11 Å². The maximum atomic E-state index is 9.60. The van der Waals surface area contributed by atoms with Gasteiger partial charge in [-0.25, -0.2) is 4.98 Å². The number of hydrogen-bond acceptors (Lipinski definition) is 4. The lowest BCUT2D eigenvalue weighted by molar-refractivity contribution is -0.0721. The zero-order valence-electron chi connectivity index (χ0n) is 10.1. The summed E-state index contributed by atoms with van der Waals surface area (Å²) in [6.07, 6.45) is 3.23. The summed E-state index contributed by atoms with van der Waals surface area (Å²) in [6.45, 7) is 5.06. The minimum absolute atomic E-state index is 0.00244. The number of rotatable bonds is 4. The molecule has 1 aliphatic carbocycles. The predicted octanol–water partition coefficient (Wildman–Crippen LogP) is 0.107. The van der Waals surface area contributed by atoms with Gasteiger partial charge >= 0.3 is 0 Å². The van der Waals surface area contributed by atoms with E-state index in [0.717, 1.165) is 25.2 Å². The highest BCUT2D eigenvalue weighted by molar-refractivity contribution is 5.01. The van der Waals surface area contributed by atoms with E-state index in [2.05, 4.69) is 29.2 Å². The maximum absolute atomic E-state index is 9.60. The molecular weight excluding hydrogens is 204 g/mol. The number of hydrogen-bond donors (Lipinski definition) is 2. The average molecular weight is 224 g/mol. The Balaban J connectivity index is 1.73. The molecule has 1 aromatic rings. The lowest BCUT2D eigenvalue weighted by atomic mass is 9.64. The Bertz CT molecular complexity index is 361. The van der Waals surface area contributed by atoms with Gasteiger partial charge in [-0.05, 0) is 6.42 Å². The van der Waals surface area contributed by atoms with Gasteiger partial charge in [0.2, 0.25) is 0 Å². The summed E-state index contributed by atoms with van der Waals surface area (Å²) >= 11 is 0. The van der Waals surface area contributed by atoms with Crippen LogP contribution in [0, 0.1) is 5.41 Å². The first kappa shape index (κ1) is 11.5. The molecule has 0 spiro atoms. The Kier molecular flexibility index (Phi) is 2.99. The molecule has 0 radical (unpaired) electrons. The summed E-state index contributed by atoms with van der Waals surface area (Å²) in [5.41, 5.74) is -0.00244. The van der Waals surface area contributed by atoms with Crippen LogP contribution in [-0.2, 0) is 13.5 Å². The van der Waals surface area contributed by atoms with Crippen molar-refractivity contribution in [2.45, 2.75) is 38.8 Å². The summed E-state index contributed by atoms with van der Waals surface area (Å²) < 4.78 is 1.71. The Morgan fingerprint density at radius 1 is 1.62 bits per heavy atom. The molecular formula is C11H20N4O. The summed E-state index contributed by atoms with van der Waals surface area (Å²) in [5.74, 6) is 0.868. The fraction of sp³-hybridized carbons (Fsp3) is 0.818. The van der Waals surface area contributed by atoms with Gasteiger partial charge in [0.1, 0.15) is 6.33 Å². The second-order valence-electron chi connectivity index (χ2n) is 5.16. The van der Waals surface area contributed by atoms with Crippen LogP contribution in [0.2, 0.25) is 0 Å². The summed E-state index contributed by atoms with van der Waals surface area (Å²) in [4.78, 5) is 4.17. The molecule has 0 amide bonds. The monoisotopic (exact) mass is 224 g/mol. The van der Waals surface area contributed by atoms with Crippen LogP contribution in [0.4, 0.5) is 0 Å². The number of aliphatic hydroxyl groups is 1. The van der Waals surface area contributed by atoms with Crippen molar-refractivity contribution in [3.63, 3.8) is 0 Å². The molecule has 2 unspecified atom stereocenters. The van der Waals surface area contributed by atoms with Gasteiger partial charge in [0, 0.05) is 31.5 Å². The van der Waals surface area contributed by atoms with Crippen molar-refractivity contribution in [2.24, 2.45) is 12.5 Å². The minimum atomic E-state index is -0.169. The van der Waals surface area contributed by atoms with Crippen LogP contribution in [0.25, 0.3) is 0 Å². The fourth-order valence-corrected chi connectivity index (χ4v) is 2.11. The third kappa shape index (κ3) is 2.10. The lowest BCUT2D eigenvalue weighted by Gasteiger charge is -2.49. The molecule has 0 aliphatic heterocycles. The SMILES string of the molecule is Cn1cnc(CCNC2CC(O)C2(C)C)n1. The van der Waals surface area contributed by atoms with Gasteiger partial charge in [0.25, 0.3) is 0 Å². The number of aromatic nitrogens is 3. The predicted molar refractivity (Wildman–Crippen MR) is 60.9 cm³/mol. The summed E-state index contributed by atoms with van der Waals surface area (Å²) in [6, 6.07) is 0.409. The van der Waals surface area contributed by atoms with Crippen LogP contribution < -0.4 is 5.32 Å². The van der Waals surface area contributed by atoms with Crippen molar-refractivity contribution in [1.29, 1.82) is 0 Å². The molecule has 2 rings (SSSR count). The molecule has 2 atom stereocenters. The molecule has 0 aromatic carbocycles. The fourth-order valence-electron chi connectivity index (χ4n) is 2.11. The quantitative estimate of drug-likeness (QED) is 0.762. The standard InChI is InChI=1S/C11H20N4O/c1-11(2)8(6-9(11)16)12-5-4-10-13-7-15(3)14-10/h7-9,12,16H,4-6H2,1-3H3. The van der Waals surface area contributed by atoms with E-state index in [1.54, 1.807) is 11.0 Å². The molecule has 1 saturated carbocycles. The highest BCUT2D eigenvalue weighted by atomic mass is 16.3. The van der Waals surface area contributed by atoms with Crippen LogP contribution in [0.15, 0.2) is 6.33 Å².